The van der Waals surface area contributed by atoms with Gasteiger partial charge in [-0.05, 0) is 67.9 Å². The first kappa shape index (κ1) is 23.2. The first-order valence-corrected chi connectivity index (χ1v) is 12.0. The summed E-state index contributed by atoms with van der Waals surface area (Å²) in [7, 11) is -4.32. The minimum Gasteiger partial charge on any atom is -0.494 e. The number of rotatable bonds is 7. The van der Waals surface area contributed by atoms with Gasteiger partial charge in [-0.15, -0.1) is 10.2 Å². The lowest BCUT2D eigenvalue weighted by molar-refractivity contribution is 0.338. The van der Waals surface area contributed by atoms with Gasteiger partial charge in [-0.25, -0.2) is 0 Å². The largest absolute Gasteiger partial charge is 0.494 e. The fourth-order valence-electron chi connectivity index (χ4n) is 3.38. The van der Waals surface area contributed by atoms with Crippen LogP contribution in [0.4, 0.5) is 22.7 Å². The first-order chi connectivity index (χ1) is 16.3. The van der Waals surface area contributed by atoms with Crippen molar-refractivity contribution < 1.29 is 17.7 Å². The van der Waals surface area contributed by atoms with Crippen molar-refractivity contribution in [3.63, 3.8) is 0 Å². The van der Waals surface area contributed by atoms with Gasteiger partial charge < -0.3 is 4.74 Å². The fourth-order valence-corrected chi connectivity index (χ4v) is 3.90. The Balaban J connectivity index is 1.65. The summed E-state index contributed by atoms with van der Waals surface area (Å²) in [5.74, 6) is 0.823. The lowest BCUT2D eigenvalue weighted by Crippen LogP contribution is -1.96. The predicted octanol–water partition coefficient (Wildman–Crippen LogP) is 7.62. The molecular weight excluding hydrogens is 452 g/mol. The summed E-state index contributed by atoms with van der Waals surface area (Å²) >= 11 is 0. The lowest BCUT2D eigenvalue weighted by Gasteiger charge is -2.07. The van der Waals surface area contributed by atoms with Crippen LogP contribution in [0.3, 0.4) is 0 Å². The van der Waals surface area contributed by atoms with Crippen LogP contribution in [0.1, 0.15) is 12.5 Å². The van der Waals surface area contributed by atoms with Crippen molar-refractivity contribution >= 4 is 43.6 Å². The van der Waals surface area contributed by atoms with E-state index in [0.29, 0.717) is 29.4 Å². The van der Waals surface area contributed by atoms with E-state index in [1.54, 1.807) is 18.2 Å². The van der Waals surface area contributed by atoms with Gasteiger partial charge in [0.15, 0.2) is 0 Å². The van der Waals surface area contributed by atoms with Crippen molar-refractivity contribution in [1.29, 1.82) is 0 Å². The summed E-state index contributed by atoms with van der Waals surface area (Å²) in [6, 6.07) is 22.5. The SMILES string of the molecule is CCOc1ccc(N=Nc2ccc(N=Nc3cccc(S(=O)(=O)O)c3)c3ccccc23)cc1C. The third kappa shape index (κ3) is 5.33. The molecular formula is C25H22N4O4S. The van der Waals surface area contributed by atoms with Crippen molar-refractivity contribution in [2.24, 2.45) is 20.5 Å². The van der Waals surface area contributed by atoms with Gasteiger partial charge >= 0.3 is 0 Å². The molecule has 0 fully saturated rings. The van der Waals surface area contributed by atoms with E-state index in [2.05, 4.69) is 20.5 Å². The van der Waals surface area contributed by atoms with Gasteiger partial charge in [0.05, 0.1) is 34.3 Å². The molecule has 0 bridgehead atoms. The number of hydrogen-bond acceptors (Lipinski definition) is 7. The van der Waals surface area contributed by atoms with E-state index in [1.165, 1.54) is 18.2 Å². The van der Waals surface area contributed by atoms with Gasteiger partial charge in [0.25, 0.3) is 10.1 Å². The predicted molar refractivity (Wildman–Crippen MR) is 131 cm³/mol. The topological polar surface area (TPSA) is 113 Å². The van der Waals surface area contributed by atoms with Crippen molar-refractivity contribution in [3.8, 4) is 5.75 Å². The Hall–Kier alpha value is -3.95. The molecule has 0 amide bonds. The van der Waals surface area contributed by atoms with Crippen LogP contribution in [0.2, 0.25) is 0 Å². The molecule has 4 aromatic carbocycles. The maximum atomic E-state index is 11.4. The molecule has 1 N–H and O–H groups in total. The number of hydrogen-bond donors (Lipinski definition) is 1. The molecule has 4 aromatic rings. The van der Waals surface area contributed by atoms with Gasteiger partial charge in [0.1, 0.15) is 5.75 Å². The summed E-state index contributed by atoms with van der Waals surface area (Å²) in [6.45, 7) is 4.51. The van der Waals surface area contributed by atoms with E-state index in [9.17, 15) is 13.0 Å². The van der Waals surface area contributed by atoms with Gasteiger partial charge in [0, 0.05) is 10.8 Å². The number of nitrogens with zero attached hydrogens (tertiary/aromatic N) is 4. The number of fused-ring (bicyclic) bond motifs is 1. The standard InChI is InChI=1S/C25H22N4O4S/c1-3-33-25-14-11-19(15-17(25)2)27-29-24-13-12-23(21-9-4-5-10-22(21)24)28-26-18-7-6-8-20(16-18)34(30,31)32/h4-16H,3H2,1-2H3,(H,30,31,32). The molecule has 0 saturated heterocycles. The van der Waals surface area contributed by atoms with Gasteiger partial charge in [-0.3, -0.25) is 4.55 Å². The maximum Gasteiger partial charge on any atom is 0.294 e. The Morgan fingerprint density at radius 2 is 1.38 bits per heavy atom. The molecule has 0 heterocycles. The molecule has 0 saturated carbocycles. The number of benzene rings is 4. The second kappa shape index (κ2) is 9.90. The van der Waals surface area contributed by atoms with E-state index in [0.717, 1.165) is 22.1 Å². The zero-order chi connectivity index (χ0) is 24.1. The van der Waals surface area contributed by atoms with Crippen LogP contribution in [0.5, 0.6) is 5.75 Å². The molecule has 0 aromatic heterocycles. The monoisotopic (exact) mass is 474 g/mol. The van der Waals surface area contributed by atoms with Gasteiger partial charge in [0.2, 0.25) is 0 Å². The van der Waals surface area contributed by atoms with Crippen molar-refractivity contribution in [2.45, 2.75) is 18.7 Å². The summed E-state index contributed by atoms with van der Waals surface area (Å²) in [5.41, 5.74) is 3.26. The highest BCUT2D eigenvalue weighted by molar-refractivity contribution is 7.85. The third-order valence-corrected chi connectivity index (χ3v) is 5.85. The van der Waals surface area contributed by atoms with Crippen LogP contribution in [0.15, 0.2) is 104 Å². The fraction of sp³-hybridized carbons (Fsp3) is 0.120. The Morgan fingerprint density at radius 3 is 1.94 bits per heavy atom. The van der Waals surface area contributed by atoms with E-state index in [1.807, 2.05) is 56.3 Å². The molecule has 0 aliphatic rings. The Bertz CT molecular complexity index is 1510. The first-order valence-electron chi connectivity index (χ1n) is 10.5. The van der Waals surface area contributed by atoms with E-state index < -0.39 is 10.1 Å². The molecule has 9 heteroatoms. The second-order valence-corrected chi connectivity index (χ2v) is 8.83. The summed E-state index contributed by atoms with van der Waals surface area (Å²) in [5, 5.41) is 18.9. The van der Waals surface area contributed by atoms with E-state index >= 15 is 0 Å². The zero-order valence-corrected chi connectivity index (χ0v) is 19.4. The second-order valence-electron chi connectivity index (χ2n) is 7.40. The van der Waals surface area contributed by atoms with Crippen molar-refractivity contribution in [1.82, 2.24) is 0 Å². The van der Waals surface area contributed by atoms with Crippen LogP contribution in [0, 0.1) is 6.92 Å². The highest BCUT2D eigenvalue weighted by Gasteiger charge is 2.10. The minimum absolute atomic E-state index is 0.242. The molecule has 0 unspecified atom stereocenters. The molecule has 0 aliphatic heterocycles. The Kier molecular flexibility index (Phi) is 6.76. The van der Waals surface area contributed by atoms with Crippen LogP contribution in [-0.4, -0.2) is 19.6 Å². The molecule has 172 valence electrons. The molecule has 0 aliphatic carbocycles. The maximum absolute atomic E-state index is 11.4. The van der Waals surface area contributed by atoms with E-state index in [4.69, 9.17) is 4.74 Å². The summed E-state index contributed by atoms with van der Waals surface area (Å²) in [4.78, 5) is -0.242. The smallest absolute Gasteiger partial charge is 0.294 e. The highest BCUT2D eigenvalue weighted by atomic mass is 32.2. The summed E-state index contributed by atoms with van der Waals surface area (Å²) in [6.07, 6.45) is 0. The van der Waals surface area contributed by atoms with Crippen molar-refractivity contribution in [2.75, 3.05) is 6.61 Å². The van der Waals surface area contributed by atoms with Gasteiger partial charge in [-0.1, -0.05) is 30.3 Å². The van der Waals surface area contributed by atoms with Crippen LogP contribution in [-0.2, 0) is 10.1 Å². The molecule has 0 atom stereocenters. The van der Waals surface area contributed by atoms with Gasteiger partial charge in [-0.2, -0.15) is 18.6 Å². The number of aryl methyl sites for hydroxylation is 1. The van der Waals surface area contributed by atoms with Crippen molar-refractivity contribution in [3.05, 3.63) is 84.4 Å². The molecule has 4 rings (SSSR count). The lowest BCUT2D eigenvalue weighted by atomic mass is 10.1. The van der Waals surface area contributed by atoms with Crippen LogP contribution < -0.4 is 4.74 Å². The molecule has 0 radical (unpaired) electrons. The third-order valence-electron chi connectivity index (χ3n) is 5.00. The average Bonchev–Trinajstić information content (AvgIpc) is 2.83. The number of ether oxygens (including phenoxy) is 1. The average molecular weight is 475 g/mol. The highest BCUT2D eigenvalue weighted by Crippen LogP contribution is 2.35. The Morgan fingerprint density at radius 1 is 0.765 bits per heavy atom. The quantitative estimate of drug-likeness (QED) is 0.219. The molecule has 34 heavy (non-hydrogen) atoms. The molecule has 8 nitrogen and oxygen atoms in total. The number of azo groups is 2. The summed E-state index contributed by atoms with van der Waals surface area (Å²) < 4.78 is 37.5. The van der Waals surface area contributed by atoms with E-state index in [-0.39, 0.29) is 4.90 Å². The minimum atomic E-state index is -4.32. The van der Waals surface area contributed by atoms with Crippen LogP contribution in [0.25, 0.3) is 10.8 Å². The van der Waals surface area contributed by atoms with Crippen LogP contribution >= 0.6 is 0 Å². The normalized spacial score (nSPS) is 12.1. The molecule has 0 spiro atoms. The Labute approximate surface area is 197 Å². The zero-order valence-electron chi connectivity index (χ0n) is 18.6.